The van der Waals surface area contributed by atoms with Gasteiger partial charge >= 0.3 is 0 Å². The van der Waals surface area contributed by atoms with Crippen LogP contribution in [0.15, 0.2) is 48.3 Å². The number of hydrogen-bond donors (Lipinski definition) is 2. The minimum Gasteiger partial charge on any atom is -0.369 e. The quantitative estimate of drug-likeness (QED) is 0.492. The highest BCUT2D eigenvalue weighted by atomic mass is 35.5. The summed E-state index contributed by atoms with van der Waals surface area (Å²) in [5, 5.41) is 8.56. The maximum atomic E-state index is 5.58. The van der Waals surface area contributed by atoms with Crippen LogP contribution in [0.25, 0.3) is 6.08 Å². The summed E-state index contributed by atoms with van der Waals surface area (Å²) in [6.45, 7) is 2.90. The van der Waals surface area contributed by atoms with Gasteiger partial charge in [-0.2, -0.15) is 0 Å². The van der Waals surface area contributed by atoms with Crippen LogP contribution in [0.1, 0.15) is 49.6 Å². The monoisotopic (exact) mass is 400 g/mol. The maximum absolute atomic E-state index is 5.58. The Balaban J connectivity index is 0.00000280. The number of imidazole rings is 1. The molecule has 0 saturated carbocycles. The highest BCUT2D eigenvalue weighted by Gasteiger charge is 2.03. The number of aromatic nitrogens is 5. The van der Waals surface area contributed by atoms with Gasteiger partial charge in [-0.1, -0.05) is 60.0 Å². The molecule has 2 heterocycles. The fourth-order valence-corrected chi connectivity index (χ4v) is 3.14. The second-order valence-electron chi connectivity index (χ2n) is 7.00. The number of benzene rings is 1. The molecule has 150 valence electrons. The van der Waals surface area contributed by atoms with E-state index in [0.717, 1.165) is 43.6 Å². The van der Waals surface area contributed by atoms with Gasteiger partial charge in [0.1, 0.15) is 0 Å². The van der Waals surface area contributed by atoms with E-state index in [2.05, 4.69) is 63.7 Å². The topological polar surface area (TPSA) is 85.4 Å². The van der Waals surface area contributed by atoms with Crippen molar-refractivity contribution in [2.45, 2.75) is 52.0 Å². The van der Waals surface area contributed by atoms with Crippen molar-refractivity contribution in [1.29, 1.82) is 0 Å². The Labute approximate surface area is 172 Å². The van der Waals surface area contributed by atoms with Gasteiger partial charge in [0.2, 0.25) is 0 Å². The number of anilines is 1. The number of unbranched alkanes of at least 4 members (excludes halogenated alkanes) is 3. The zero-order valence-corrected chi connectivity index (χ0v) is 17.2. The van der Waals surface area contributed by atoms with Crippen LogP contribution in [0.4, 0.5) is 5.95 Å². The lowest BCUT2D eigenvalue weighted by Crippen LogP contribution is -1.99. The smallest absolute Gasteiger partial charge is 0.197 e. The van der Waals surface area contributed by atoms with E-state index >= 15 is 0 Å². The molecule has 0 bridgehead atoms. The van der Waals surface area contributed by atoms with Crippen LogP contribution in [0.3, 0.4) is 0 Å². The standard InChI is InChI=1S/C21H28N6.ClH/c1-17(13-18-9-5-4-6-10-18)15-27-16-20(25-26-27)12-8-3-2-7-11-19-14-23-21(22)24-19;/h4-6,9-10,13-14,16H,2-3,7-8,11-12,15H2,1H3,(H3,22,23,24);1H. The first-order valence-electron chi connectivity index (χ1n) is 9.60. The average molecular weight is 401 g/mol. The molecule has 3 rings (SSSR count). The largest absolute Gasteiger partial charge is 0.369 e. The number of nitrogen functional groups attached to an aromatic ring is 1. The van der Waals surface area contributed by atoms with Gasteiger partial charge in [0.25, 0.3) is 0 Å². The van der Waals surface area contributed by atoms with Crippen molar-refractivity contribution < 1.29 is 0 Å². The van der Waals surface area contributed by atoms with Gasteiger partial charge in [0.05, 0.1) is 17.9 Å². The van der Waals surface area contributed by atoms with Crippen LogP contribution >= 0.6 is 12.4 Å². The van der Waals surface area contributed by atoms with Crippen LogP contribution in [-0.2, 0) is 19.4 Å². The highest BCUT2D eigenvalue weighted by molar-refractivity contribution is 5.85. The number of nitrogens with two attached hydrogens (primary N) is 1. The normalized spacial score (nSPS) is 11.4. The SMILES string of the molecule is CC(=Cc1ccccc1)Cn1cc(CCCCCCc2c[nH]c(N)n2)nn1.Cl. The van der Waals surface area contributed by atoms with Gasteiger partial charge in [-0.15, -0.1) is 17.5 Å². The van der Waals surface area contributed by atoms with E-state index in [4.69, 9.17) is 5.73 Å². The molecule has 3 N–H and O–H groups in total. The third kappa shape index (κ3) is 7.19. The fraction of sp³-hybridized carbons (Fsp3) is 0.381. The lowest BCUT2D eigenvalue weighted by Gasteiger charge is -2.01. The Bertz CT molecular complexity index is 853. The Morgan fingerprint density at radius 3 is 2.46 bits per heavy atom. The van der Waals surface area contributed by atoms with Gasteiger partial charge < -0.3 is 10.7 Å². The molecule has 0 aliphatic rings. The van der Waals surface area contributed by atoms with Crippen molar-refractivity contribution in [3.8, 4) is 0 Å². The number of allylic oxidation sites excluding steroid dienone is 1. The second kappa shape index (κ2) is 11.3. The number of nitrogens with one attached hydrogen (secondary N) is 1. The summed E-state index contributed by atoms with van der Waals surface area (Å²) in [6, 6.07) is 10.4. The summed E-state index contributed by atoms with van der Waals surface area (Å²) >= 11 is 0. The van der Waals surface area contributed by atoms with Crippen LogP contribution in [0, 0.1) is 0 Å². The first-order chi connectivity index (χ1) is 13.2. The predicted octanol–water partition coefficient (Wildman–Crippen LogP) is 4.45. The Kier molecular flexibility index (Phi) is 8.75. The molecule has 0 unspecified atom stereocenters. The third-order valence-corrected chi connectivity index (χ3v) is 4.48. The number of H-pyrrole nitrogens is 1. The Morgan fingerprint density at radius 2 is 1.79 bits per heavy atom. The average Bonchev–Trinajstić information content (AvgIpc) is 3.27. The molecular weight excluding hydrogens is 372 g/mol. The molecule has 1 aromatic carbocycles. The van der Waals surface area contributed by atoms with E-state index in [-0.39, 0.29) is 12.4 Å². The summed E-state index contributed by atoms with van der Waals surface area (Å²) in [7, 11) is 0. The first kappa shape index (κ1) is 21.7. The van der Waals surface area contributed by atoms with Gasteiger partial charge in [-0.05, 0) is 38.2 Å². The molecule has 0 fully saturated rings. The van der Waals surface area contributed by atoms with Crippen molar-refractivity contribution >= 4 is 24.4 Å². The summed E-state index contributed by atoms with van der Waals surface area (Å²) in [6.07, 6.45) is 12.8. The number of aryl methyl sites for hydroxylation is 2. The Morgan fingerprint density at radius 1 is 1.07 bits per heavy atom. The zero-order valence-electron chi connectivity index (χ0n) is 16.3. The van der Waals surface area contributed by atoms with Crippen LogP contribution in [-0.4, -0.2) is 25.0 Å². The Hall–Kier alpha value is -2.60. The van der Waals surface area contributed by atoms with Crippen LogP contribution < -0.4 is 5.73 Å². The van der Waals surface area contributed by atoms with Gasteiger partial charge in [-0.25, -0.2) is 9.67 Å². The molecule has 6 nitrogen and oxygen atoms in total. The fourth-order valence-electron chi connectivity index (χ4n) is 3.14. The minimum atomic E-state index is 0. The molecule has 7 heteroatoms. The zero-order chi connectivity index (χ0) is 18.9. The summed E-state index contributed by atoms with van der Waals surface area (Å²) in [5.74, 6) is 0.502. The molecular formula is C21H29ClN6. The van der Waals surface area contributed by atoms with E-state index in [0.29, 0.717) is 5.95 Å². The molecule has 2 aromatic heterocycles. The van der Waals surface area contributed by atoms with Gasteiger partial charge in [0.15, 0.2) is 5.95 Å². The number of nitrogens with zero attached hydrogens (tertiary/aromatic N) is 4. The molecule has 0 atom stereocenters. The van der Waals surface area contributed by atoms with Crippen molar-refractivity contribution in [3.05, 3.63) is 65.2 Å². The maximum Gasteiger partial charge on any atom is 0.197 e. The molecule has 28 heavy (non-hydrogen) atoms. The summed E-state index contributed by atoms with van der Waals surface area (Å²) in [4.78, 5) is 7.14. The highest BCUT2D eigenvalue weighted by Crippen LogP contribution is 2.11. The van der Waals surface area contributed by atoms with Crippen molar-refractivity contribution in [2.75, 3.05) is 5.73 Å². The van der Waals surface area contributed by atoms with Gasteiger partial charge in [-0.3, -0.25) is 0 Å². The predicted molar refractivity (Wildman–Crippen MR) is 116 cm³/mol. The van der Waals surface area contributed by atoms with Crippen LogP contribution in [0.2, 0.25) is 0 Å². The number of aromatic amines is 1. The van der Waals surface area contributed by atoms with E-state index in [1.807, 2.05) is 16.9 Å². The lowest BCUT2D eigenvalue weighted by molar-refractivity contribution is 0.630. The number of hydrogen-bond acceptors (Lipinski definition) is 4. The van der Waals surface area contributed by atoms with E-state index < -0.39 is 0 Å². The third-order valence-electron chi connectivity index (χ3n) is 4.48. The van der Waals surface area contributed by atoms with E-state index in [1.54, 1.807) is 0 Å². The van der Waals surface area contributed by atoms with Gasteiger partial charge in [0, 0.05) is 12.4 Å². The minimum absolute atomic E-state index is 0. The van der Waals surface area contributed by atoms with Crippen LogP contribution in [0.5, 0.6) is 0 Å². The summed E-state index contributed by atoms with van der Waals surface area (Å²) < 4.78 is 1.92. The molecule has 0 amide bonds. The van der Waals surface area contributed by atoms with Crippen molar-refractivity contribution in [2.24, 2.45) is 0 Å². The van der Waals surface area contributed by atoms with E-state index in [9.17, 15) is 0 Å². The molecule has 0 spiro atoms. The lowest BCUT2D eigenvalue weighted by atomic mass is 10.1. The molecule has 0 aliphatic carbocycles. The molecule has 3 aromatic rings. The van der Waals surface area contributed by atoms with Crippen molar-refractivity contribution in [3.63, 3.8) is 0 Å². The summed E-state index contributed by atoms with van der Waals surface area (Å²) in [5.41, 5.74) is 10.2. The van der Waals surface area contributed by atoms with Crippen molar-refractivity contribution in [1.82, 2.24) is 25.0 Å². The molecule has 0 aliphatic heterocycles. The molecule has 0 radical (unpaired) electrons. The number of rotatable bonds is 10. The van der Waals surface area contributed by atoms with E-state index in [1.165, 1.54) is 24.0 Å². The first-order valence-corrected chi connectivity index (χ1v) is 9.60. The molecule has 0 saturated heterocycles. The number of halogens is 1. The second-order valence-corrected chi connectivity index (χ2v) is 7.00.